The van der Waals surface area contributed by atoms with E-state index in [1.54, 1.807) is 23.0 Å². The Morgan fingerprint density at radius 1 is 0.930 bits per heavy atom. The lowest BCUT2D eigenvalue weighted by Crippen LogP contribution is -2.34. The van der Waals surface area contributed by atoms with Gasteiger partial charge in [-0.15, -0.1) is 5.10 Å². The van der Waals surface area contributed by atoms with Gasteiger partial charge in [-0.25, -0.2) is 9.07 Å². The van der Waals surface area contributed by atoms with Gasteiger partial charge in [0.15, 0.2) is 0 Å². The van der Waals surface area contributed by atoms with Crippen molar-refractivity contribution in [3.63, 3.8) is 0 Å². The van der Waals surface area contributed by atoms with Crippen molar-refractivity contribution in [1.82, 2.24) is 20.3 Å². The maximum Gasteiger partial charge on any atom is 0.244 e. The number of hydrogen-bond acceptors (Lipinski definition) is 6. The number of benzene rings is 3. The monoisotopic (exact) mass is 587 g/mol. The van der Waals surface area contributed by atoms with Crippen LogP contribution in [0.4, 0.5) is 4.39 Å². The molecule has 1 aromatic heterocycles. The molecule has 0 aliphatic rings. The van der Waals surface area contributed by atoms with Crippen LogP contribution < -0.4 is 20.5 Å². The van der Waals surface area contributed by atoms with Crippen LogP contribution in [0.15, 0.2) is 79.0 Å². The Bertz CT molecular complexity index is 1420. The minimum Gasteiger partial charge on any atom is -0.493 e. The molecule has 3 aromatic carbocycles. The van der Waals surface area contributed by atoms with Crippen LogP contribution in [-0.2, 0) is 17.8 Å². The number of nitrogens with one attached hydrogen (secondary N) is 1. The van der Waals surface area contributed by atoms with Gasteiger partial charge in [-0.1, -0.05) is 67.6 Å². The summed E-state index contributed by atoms with van der Waals surface area (Å²) in [5.74, 6) is 1.66. The summed E-state index contributed by atoms with van der Waals surface area (Å²) < 4.78 is 27.2. The van der Waals surface area contributed by atoms with Crippen LogP contribution in [-0.4, -0.2) is 40.6 Å². The Morgan fingerprint density at radius 3 is 2.28 bits per heavy atom. The fourth-order valence-electron chi connectivity index (χ4n) is 4.68. The van der Waals surface area contributed by atoms with Crippen LogP contribution in [0.1, 0.15) is 56.8 Å². The first-order chi connectivity index (χ1) is 20.9. The van der Waals surface area contributed by atoms with Crippen molar-refractivity contribution in [3.05, 3.63) is 96.1 Å². The van der Waals surface area contributed by atoms with E-state index >= 15 is 0 Å². The molecule has 4 rings (SSSR count). The number of para-hydroxylation sites is 2. The minimum absolute atomic E-state index is 0.143. The van der Waals surface area contributed by atoms with Gasteiger partial charge in [-0.2, -0.15) is 0 Å². The Hall–Kier alpha value is -4.24. The third-order valence-electron chi connectivity index (χ3n) is 7.13. The zero-order chi connectivity index (χ0) is 30.4. The van der Waals surface area contributed by atoms with Crippen molar-refractivity contribution in [3.8, 4) is 22.6 Å². The molecule has 228 valence electrons. The third-order valence-corrected chi connectivity index (χ3v) is 7.13. The van der Waals surface area contributed by atoms with E-state index in [1.807, 2.05) is 48.5 Å². The highest BCUT2D eigenvalue weighted by molar-refractivity contribution is 5.80. The molecule has 0 radical (unpaired) electrons. The average Bonchev–Trinajstić information content (AvgIpc) is 3.48. The minimum atomic E-state index is -0.525. The van der Waals surface area contributed by atoms with Crippen LogP contribution in [0.3, 0.4) is 0 Å². The number of amides is 1. The number of nitrogens with zero attached hydrogens (tertiary/aromatic N) is 3. The van der Waals surface area contributed by atoms with E-state index in [9.17, 15) is 9.18 Å². The van der Waals surface area contributed by atoms with Crippen LogP contribution in [0.2, 0.25) is 0 Å². The van der Waals surface area contributed by atoms with Crippen molar-refractivity contribution in [1.29, 1.82) is 0 Å². The number of rotatable bonds is 17. The van der Waals surface area contributed by atoms with E-state index in [-0.39, 0.29) is 18.3 Å². The van der Waals surface area contributed by atoms with Gasteiger partial charge in [0.1, 0.15) is 35.7 Å². The van der Waals surface area contributed by atoms with Crippen molar-refractivity contribution in [2.75, 3.05) is 19.7 Å². The molecule has 1 atom stereocenters. The Balaban J connectivity index is 1.41. The predicted octanol–water partition coefficient (Wildman–Crippen LogP) is 6.12. The molecule has 0 saturated heterocycles. The van der Waals surface area contributed by atoms with Crippen LogP contribution >= 0.6 is 0 Å². The number of aromatic nitrogens is 3. The van der Waals surface area contributed by atoms with Gasteiger partial charge in [-0.3, -0.25) is 4.79 Å². The van der Waals surface area contributed by atoms with Gasteiger partial charge in [0.2, 0.25) is 5.91 Å². The van der Waals surface area contributed by atoms with E-state index in [4.69, 9.17) is 15.2 Å². The molecule has 1 heterocycles. The lowest BCUT2D eigenvalue weighted by atomic mass is 10.0. The quantitative estimate of drug-likeness (QED) is 0.144. The maximum absolute atomic E-state index is 13.2. The molecule has 0 unspecified atom stereocenters. The first-order valence-electron chi connectivity index (χ1n) is 15.0. The fourth-order valence-corrected chi connectivity index (χ4v) is 4.68. The second-order valence-electron chi connectivity index (χ2n) is 11.0. The molecule has 1 amide bonds. The largest absolute Gasteiger partial charge is 0.493 e. The highest BCUT2D eigenvalue weighted by Gasteiger charge is 2.22. The van der Waals surface area contributed by atoms with E-state index < -0.39 is 6.04 Å². The number of unbranched alkanes of at least 4 members (excludes halogenated alkanes) is 1. The summed E-state index contributed by atoms with van der Waals surface area (Å²) in [6.07, 6.45) is 5.51. The van der Waals surface area contributed by atoms with Crippen LogP contribution in [0.5, 0.6) is 11.5 Å². The number of halogens is 1. The van der Waals surface area contributed by atoms with Crippen LogP contribution in [0, 0.1) is 11.7 Å². The standard InChI is InChI=1S/C34H42FN5O3/c1-25(2)19-22-42-32-12-5-3-9-29(32)30-10-4-6-13-33(30)43-24-28-23-40(39-38-28)31(11-7-8-20-36)34(41)37-21-18-26-14-16-27(35)17-15-26/h3-6,9-10,12-17,23,25,31H,7-8,11,18-22,24,36H2,1-2H3,(H,37,41)/t31-/m1/s1. The van der Waals surface area contributed by atoms with Crippen LogP contribution in [0.25, 0.3) is 11.1 Å². The SMILES string of the molecule is CC(C)CCOc1ccccc1-c1ccccc1OCc1cn([C@H](CCCCN)C(=O)NCCc2ccc(F)cc2)nn1. The number of nitrogens with two attached hydrogens (primary N) is 1. The predicted molar refractivity (Wildman–Crippen MR) is 166 cm³/mol. The second-order valence-corrected chi connectivity index (χ2v) is 11.0. The number of hydrogen-bond donors (Lipinski definition) is 2. The van der Waals surface area contributed by atoms with E-state index in [0.717, 1.165) is 41.7 Å². The number of carbonyl (C=O) groups excluding carboxylic acids is 1. The summed E-state index contributed by atoms with van der Waals surface area (Å²) in [6.45, 7) is 6.18. The van der Waals surface area contributed by atoms with Crippen molar-refractivity contribution in [2.24, 2.45) is 11.7 Å². The van der Waals surface area contributed by atoms with Crippen molar-refractivity contribution >= 4 is 5.91 Å². The first-order valence-corrected chi connectivity index (χ1v) is 15.0. The normalized spacial score (nSPS) is 11.8. The molecule has 0 aliphatic heterocycles. The summed E-state index contributed by atoms with van der Waals surface area (Å²) in [5.41, 5.74) is 9.14. The molecule has 9 heteroatoms. The summed E-state index contributed by atoms with van der Waals surface area (Å²) in [4.78, 5) is 13.2. The van der Waals surface area contributed by atoms with Gasteiger partial charge in [-0.05, 0) is 74.4 Å². The first kappa shape index (κ1) is 31.7. The Labute approximate surface area is 253 Å². The zero-order valence-corrected chi connectivity index (χ0v) is 25.0. The molecule has 0 aliphatic carbocycles. The topological polar surface area (TPSA) is 104 Å². The van der Waals surface area contributed by atoms with Gasteiger partial charge in [0, 0.05) is 17.7 Å². The molecule has 8 nitrogen and oxygen atoms in total. The summed E-state index contributed by atoms with van der Waals surface area (Å²) in [7, 11) is 0. The summed E-state index contributed by atoms with van der Waals surface area (Å²) in [5, 5.41) is 11.6. The fraction of sp³-hybridized carbons (Fsp3) is 0.382. The van der Waals surface area contributed by atoms with Crippen molar-refractivity contribution < 1.29 is 18.7 Å². The molecule has 0 bridgehead atoms. The lowest BCUT2D eigenvalue weighted by Gasteiger charge is -2.17. The Kier molecular flexibility index (Phi) is 12.1. The molecule has 3 N–H and O–H groups in total. The highest BCUT2D eigenvalue weighted by Crippen LogP contribution is 2.36. The van der Waals surface area contributed by atoms with E-state index in [1.165, 1.54) is 12.1 Å². The molecule has 43 heavy (non-hydrogen) atoms. The van der Waals surface area contributed by atoms with Crippen molar-refractivity contribution in [2.45, 2.75) is 58.6 Å². The number of ether oxygens (including phenoxy) is 2. The zero-order valence-electron chi connectivity index (χ0n) is 25.0. The van der Waals surface area contributed by atoms with Gasteiger partial charge >= 0.3 is 0 Å². The van der Waals surface area contributed by atoms with Gasteiger partial charge < -0.3 is 20.5 Å². The van der Waals surface area contributed by atoms with E-state index in [0.29, 0.717) is 49.9 Å². The smallest absolute Gasteiger partial charge is 0.244 e. The highest BCUT2D eigenvalue weighted by atomic mass is 19.1. The molecular weight excluding hydrogens is 545 g/mol. The maximum atomic E-state index is 13.2. The van der Waals surface area contributed by atoms with E-state index in [2.05, 4.69) is 29.5 Å². The lowest BCUT2D eigenvalue weighted by molar-refractivity contribution is -0.124. The summed E-state index contributed by atoms with van der Waals surface area (Å²) in [6, 6.07) is 21.6. The average molecular weight is 588 g/mol. The second kappa shape index (κ2) is 16.4. The van der Waals surface area contributed by atoms with Gasteiger partial charge in [0.05, 0.1) is 12.8 Å². The molecule has 0 fully saturated rings. The molecule has 4 aromatic rings. The summed E-state index contributed by atoms with van der Waals surface area (Å²) >= 11 is 0. The molecule has 0 spiro atoms. The Morgan fingerprint density at radius 2 is 1.60 bits per heavy atom. The molecule has 0 saturated carbocycles. The van der Waals surface area contributed by atoms with Gasteiger partial charge in [0.25, 0.3) is 0 Å². The molecular formula is C34H42FN5O3. The third kappa shape index (κ3) is 9.64. The number of carbonyl (C=O) groups is 1.